The lowest BCUT2D eigenvalue weighted by Crippen LogP contribution is -2.38. The smallest absolute Gasteiger partial charge is 0.242 e. The van der Waals surface area contributed by atoms with Crippen molar-refractivity contribution in [2.24, 2.45) is 0 Å². The van der Waals surface area contributed by atoms with Crippen molar-refractivity contribution in [2.45, 2.75) is 58.0 Å². The van der Waals surface area contributed by atoms with Crippen LogP contribution in [0.2, 0.25) is 0 Å². The lowest BCUT2D eigenvalue weighted by atomic mass is 10.1. The number of nitrogens with zero attached hydrogens (tertiary/aromatic N) is 4. The van der Waals surface area contributed by atoms with E-state index in [-0.39, 0.29) is 17.9 Å². The third kappa shape index (κ3) is 3.45. The fourth-order valence-corrected chi connectivity index (χ4v) is 4.43. The van der Waals surface area contributed by atoms with Gasteiger partial charge in [-0.25, -0.2) is 4.98 Å². The molecule has 1 atom stereocenters. The number of fused-ring (bicyclic) bond motifs is 1. The van der Waals surface area contributed by atoms with Crippen LogP contribution in [0.4, 0.5) is 0 Å². The van der Waals surface area contributed by atoms with E-state index in [0.717, 1.165) is 62.2 Å². The van der Waals surface area contributed by atoms with Gasteiger partial charge in [-0.15, -0.1) is 0 Å². The van der Waals surface area contributed by atoms with E-state index < -0.39 is 0 Å². The predicted molar refractivity (Wildman–Crippen MR) is 104 cm³/mol. The molecule has 2 amide bonds. The van der Waals surface area contributed by atoms with Crippen molar-refractivity contribution >= 4 is 22.8 Å². The van der Waals surface area contributed by atoms with Gasteiger partial charge in [0.2, 0.25) is 11.8 Å². The van der Waals surface area contributed by atoms with Crippen molar-refractivity contribution in [3.8, 4) is 0 Å². The van der Waals surface area contributed by atoms with Crippen LogP contribution in [0.1, 0.15) is 57.3 Å². The average Bonchev–Trinajstić information content (AvgIpc) is 3.33. The molecule has 27 heavy (non-hydrogen) atoms. The lowest BCUT2D eigenvalue weighted by Gasteiger charge is -2.28. The molecule has 2 fully saturated rings. The molecule has 4 rings (SSSR count). The van der Waals surface area contributed by atoms with E-state index in [1.54, 1.807) is 0 Å². The third-order valence-electron chi connectivity index (χ3n) is 5.86. The van der Waals surface area contributed by atoms with Crippen LogP contribution in [-0.2, 0) is 16.1 Å². The highest BCUT2D eigenvalue weighted by Gasteiger charge is 2.33. The van der Waals surface area contributed by atoms with E-state index >= 15 is 0 Å². The van der Waals surface area contributed by atoms with Crippen molar-refractivity contribution in [1.29, 1.82) is 0 Å². The quantitative estimate of drug-likeness (QED) is 0.833. The highest BCUT2D eigenvalue weighted by Crippen LogP contribution is 2.34. The van der Waals surface area contributed by atoms with Gasteiger partial charge in [-0.05, 0) is 44.2 Å². The Morgan fingerprint density at radius 3 is 2.59 bits per heavy atom. The SMILES string of the molecule is CCC(=O)N1CCCC1c1nc2ccccc2n1CC(=O)N1CCCCC1. The van der Waals surface area contributed by atoms with Gasteiger partial charge < -0.3 is 14.4 Å². The molecule has 2 aromatic rings. The minimum Gasteiger partial charge on any atom is -0.341 e. The Morgan fingerprint density at radius 2 is 1.81 bits per heavy atom. The Bertz CT molecular complexity index is 838. The second-order valence-corrected chi connectivity index (χ2v) is 7.59. The van der Waals surface area contributed by atoms with Crippen molar-refractivity contribution in [2.75, 3.05) is 19.6 Å². The van der Waals surface area contributed by atoms with E-state index in [4.69, 9.17) is 4.98 Å². The molecule has 2 aliphatic rings. The molecule has 1 aromatic carbocycles. The van der Waals surface area contributed by atoms with Gasteiger partial charge in [-0.3, -0.25) is 9.59 Å². The molecule has 0 N–H and O–H groups in total. The zero-order valence-corrected chi connectivity index (χ0v) is 16.1. The van der Waals surface area contributed by atoms with Crippen LogP contribution in [0.15, 0.2) is 24.3 Å². The maximum atomic E-state index is 12.9. The number of rotatable bonds is 4. The monoisotopic (exact) mass is 368 g/mol. The number of likely N-dealkylation sites (tertiary alicyclic amines) is 2. The van der Waals surface area contributed by atoms with E-state index in [0.29, 0.717) is 13.0 Å². The standard InChI is InChI=1S/C21H28N4O2/c1-2-19(26)24-14-8-11-18(24)21-22-16-9-4-5-10-17(16)25(21)15-20(27)23-12-6-3-7-13-23/h4-5,9-10,18H,2-3,6-8,11-15H2,1H3. The first-order valence-electron chi connectivity index (χ1n) is 10.2. The van der Waals surface area contributed by atoms with E-state index in [1.807, 2.05) is 41.0 Å². The summed E-state index contributed by atoms with van der Waals surface area (Å²) in [6.45, 7) is 4.69. The van der Waals surface area contributed by atoms with Gasteiger partial charge in [-0.1, -0.05) is 19.1 Å². The maximum absolute atomic E-state index is 12.9. The summed E-state index contributed by atoms with van der Waals surface area (Å²) < 4.78 is 2.05. The Hall–Kier alpha value is -2.37. The number of carbonyl (C=O) groups excluding carboxylic acids is 2. The molecule has 6 nitrogen and oxygen atoms in total. The van der Waals surface area contributed by atoms with Gasteiger partial charge in [0.05, 0.1) is 17.1 Å². The van der Waals surface area contributed by atoms with Crippen molar-refractivity contribution in [3.05, 3.63) is 30.1 Å². The summed E-state index contributed by atoms with van der Waals surface area (Å²) in [4.78, 5) is 34.1. The summed E-state index contributed by atoms with van der Waals surface area (Å²) >= 11 is 0. The molecule has 0 aliphatic carbocycles. The summed E-state index contributed by atoms with van der Waals surface area (Å²) in [6.07, 6.45) is 5.78. The van der Waals surface area contributed by atoms with Gasteiger partial charge >= 0.3 is 0 Å². The van der Waals surface area contributed by atoms with Gasteiger partial charge in [0.15, 0.2) is 0 Å². The first kappa shape index (κ1) is 18.0. The molecule has 2 saturated heterocycles. The predicted octanol–water partition coefficient (Wildman–Crippen LogP) is 3.12. The van der Waals surface area contributed by atoms with Crippen LogP contribution in [0.5, 0.6) is 0 Å². The maximum Gasteiger partial charge on any atom is 0.242 e. The molecule has 0 spiro atoms. The van der Waals surface area contributed by atoms with Crippen molar-refractivity contribution in [1.82, 2.24) is 19.4 Å². The first-order valence-corrected chi connectivity index (χ1v) is 10.2. The number of para-hydroxylation sites is 2. The Labute approximate surface area is 160 Å². The molecule has 0 radical (unpaired) electrons. The van der Waals surface area contributed by atoms with Crippen LogP contribution < -0.4 is 0 Å². The molecule has 0 bridgehead atoms. The van der Waals surface area contributed by atoms with Gasteiger partial charge in [-0.2, -0.15) is 0 Å². The number of carbonyl (C=O) groups is 2. The van der Waals surface area contributed by atoms with Gasteiger partial charge in [0.1, 0.15) is 12.4 Å². The Balaban J connectivity index is 1.69. The number of aromatic nitrogens is 2. The second-order valence-electron chi connectivity index (χ2n) is 7.59. The Morgan fingerprint density at radius 1 is 1.04 bits per heavy atom. The Kier molecular flexibility index (Phi) is 5.14. The second kappa shape index (κ2) is 7.71. The zero-order chi connectivity index (χ0) is 18.8. The number of hydrogen-bond acceptors (Lipinski definition) is 3. The third-order valence-corrected chi connectivity index (χ3v) is 5.86. The van der Waals surface area contributed by atoms with Crippen molar-refractivity contribution < 1.29 is 9.59 Å². The number of hydrogen-bond donors (Lipinski definition) is 0. The summed E-state index contributed by atoms with van der Waals surface area (Å²) in [7, 11) is 0. The van der Waals surface area contributed by atoms with Crippen LogP contribution >= 0.6 is 0 Å². The highest BCUT2D eigenvalue weighted by molar-refractivity contribution is 5.82. The summed E-state index contributed by atoms with van der Waals surface area (Å²) in [5, 5.41) is 0. The number of piperidine rings is 1. The fourth-order valence-electron chi connectivity index (χ4n) is 4.43. The summed E-state index contributed by atoms with van der Waals surface area (Å²) in [5.41, 5.74) is 1.88. The van der Waals surface area contributed by atoms with Gasteiger partial charge in [0.25, 0.3) is 0 Å². The normalized spacial score (nSPS) is 20.4. The number of benzene rings is 1. The molecule has 144 valence electrons. The van der Waals surface area contributed by atoms with E-state index in [9.17, 15) is 9.59 Å². The average molecular weight is 368 g/mol. The van der Waals surface area contributed by atoms with Gasteiger partial charge in [0, 0.05) is 26.1 Å². The zero-order valence-electron chi connectivity index (χ0n) is 16.1. The molecule has 3 heterocycles. The molecule has 6 heteroatoms. The minimum absolute atomic E-state index is 0.0287. The summed E-state index contributed by atoms with van der Waals surface area (Å²) in [5.74, 6) is 1.18. The first-order chi connectivity index (χ1) is 13.2. The fraction of sp³-hybridized carbons (Fsp3) is 0.571. The molecule has 0 saturated carbocycles. The van der Waals surface area contributed by atoms with Crippen molar-refractivity contribution in [3.63, 3.8) is 0 Å². The van der Waals surface area contributed by atoms with Crippen LogP contribution in [0.25, 0.3) is 11.0 Å². The highest BCUT2D eigenvalue weighted by atomic mass is 16.2. The van der Waals surface area contributed by atoms with E-state index in [1.165, 1.54) is 6.42 Å². The molecule has 2 aliphatic heterocycles. The van der Waals surface area contributed by atoms with Crippen LogP contribution in [0, 0.1) is 0 Å². The molecule has 1 aromatic heterocycles. The minimum atomic E-state index is -0.0287. The molecule has 1 unspecified atom stereocenters. The lowest BCUT2D eigenvalue weighted by molar-refractivity contribution is -0.132. The topological polar surface area (TPSA) is 58.4 Å². The number of imidazole rings is 1. The van der Waals surface area contributed by atoms with Crippen LogP contribution in [-0.4, -0.2) is 50.8 Å². The number of amides is 2. The summed E-state index contributed by atoms with van der Waals surface area (Å²) in [6, 6.07) is 7.94. The largest absolute Gasteiger partial charge is 0.341 e. The van der Waals surface area contributed by atoms with E-state index in [2.05, 4.69) is 4.57 Å². The molecular weight excluding hydrogens is 340 g/mol. The molecular formula is C21H28N4O2. The van der Waals surface area contributed by atoms with Crippen LogP contribution in [0.3, 0.4) is 0 Å².